The van der Waals surface area contributed by atoms with Gasteiger partial charge in [0.1, 0.15) is 24.4 Å². The Morgan fingerprint density at radius 3 is 3.10 bits per heavy atom. The first-order chi connectivity index (χ1) is 9.78. The minimum atomic E-state index is -0.287. The third kappa shape index (κ3) is 4.15. The summed E-state index contributed by atoms with van der Waals surface area (Å²) >= 11 is 0. The number of aromatic nitrogens is 5. The second-order valence-electron chi connectivity index (χ2n) is 3.74. The number of nitrogens with zero attached hydrogens (tertiary/aromatic N) is 5. The van der Waals surface area contributed by atoms with E-state index in [1.165, 1.54) is 11.0 Å². The maximum absolute atomic E-state index is 11.7. The molecule has 2 aromatic rings. The number of amides is 1. The summed E-state index contributed by atoms with van der Waals surface area (Å²) in [6.07, 6.45) is 1.74. The van der Waals surface area contributed by atoms with Crippen LogP contribution in [0.1, 0.15) is 12.1 Å². The summed E-state index contributed by atoms with van der Waals surface area (Å²) in [7, 11) is 0. The van der Waals surface area contributed by atoms with Crippen molar-refractivity contribution in [2.75, 3.05) is 11.9 Å². The molecule has 8 nitrogen and oxygen atoms in total. The van der Waals surface area contributed by atoms with Gasteiger partial charge in [0.15, 0.2) is 0 Å². The maximum Gasteiger partial charge on any atom is 0.247 e. The molecule has 0 aliphatic heterocycles. The Labute approximate surface area is 114 Å². The average molecular weight is 272 g/mol. The van der Waals surface area contributed by atoms with Gasteiger partial charge < -0.3 is 10.4 Å². The van der Waals surface area contributed by atoms with Crippen molar-refractivity contribution in [2.24, 2.45) is 0 Å². The number of pyridine rings is 1. The van der Waals surface area contributed by atoms with Crippen molar-refractivity contribution in [3.63, 3.8) is 0 Å². The van der Waals surface area contributed by atoms with E-state index in [0.29, 0.717) is 17.9 Å². The lowest BCUT2D eigenvalue weighted by Gasteiger charge is -2.03. The predicted octanol–water partition coefficient (Wildman–Crippen LogP) is -0.559. The molecule has 0 bridgehead atoms. The second-order valence-corrected chi connectivity index (χ2v) is 3.74. The van der Waals surface area contributed by atoms with Gasteiger partial charge in [-0.1, -0.05) is 12.0 Å². The highest BCUT2D eigenvalue weighted by atomic mass is 16.2. The number of carbonyl (C=O) groups excluding carboxylic acids is 1. The van der Waals surface area contributed by atoms with Crippen molar-refractivity contribution in [3.05, 3.63) is 30.2 Å². The van der Waals surface area contributed by atoms with Gasteiger partial charge >= 0.3 is 0 Å². The molecule has 0 saturated carbocycles. The van der Waals surface area contributed by atoms with Crippen LogP contribution in [0, 0.1) is 11.8 Å². The summed E-state index contributed by atoms with van der Waals surface area (Å²) in [5.74, 6) is 5.67. The van der Waals surface area contributed by atoms with E-state index in [2.05, 4.69) is 37.7 Å². The number of hydrogen-bond acceptors (Lipinski definition) is 6. The first kappa shape index (κ1) is 13.6. The minimum absolute atomic E-state index is 0.00903. The number of nitrogens with one attached hydrogen (secondary N) is 1. The van der Waals surface area contributed by atoms with E-state index >= 15 is 0 Å². The molecule has 0 radical (unpaired) electrons. The summed E-state index contributed by atoms with van der Waals surface area (Å²) in [5, 5.41) is 21.7. The molecule has 2 N–H and O–H groups in total. The van der Waals surface area contributed by atoms with Gasteiger partial charge in [-0.25, -0.2) is 9.67 Å². The zero-order chi connectivity index (χ0) is 14.2. The number of rotatable bonds is 4. The topological polar surface area (TPSA) is 106 Å². The number of anilines is 1. The zero-order valence-corrected chi connectivity index (χ0v) is 10.5. The fourth-order valence-electron chi connectivity index (χ4n) is 1.37. The van der Waals surface area contributed by atoms with Gasteiger partial charge in [-0.3, -0.25) is 4.79 Å². The molecule has 0 saturated heterocycles. The predicted molar refractivity (Wildman–Crippen MR) is 69.3 cm³/mol. The number of aliphatic hydroxyl groups excluding tert-OH is 1. The van der Waals surface area contributed by atoms with Crippen LogP contribution in [0.5, 0.6) is 0 Å². The van der Waals surface area contributed by atoms with Gasteiger partial charge in [-0.2, -0.15) is 0 Å². The molecule has 0 unspecified atom stereocenters. The molecule has 20 heavy (non-hydrogen) atoms. The first-order valence-corrected chi connectivity index (χ1v) is 5.85. The number of aliphatic hydroxyl groups is 1. The SMILES string of the molecule is O=C(Cn1cnnn1)Nc1cccc(C#CCCO)n1. The van der Waals surface area contributed by atoms with Crippen LogP contribution >= 0.6 is 0 Å². The highest BCUT2D eigenvalue weighted by Gasteiger charge is 2.05. The molecule has 0 spiro atoms. The molecule has 102 valence electrons. The van der Waals surface area contributed by atoms with Crippen LogP contribution in [0.4, 0.5) is 5.82 Å². The van der Waals surface area contributed by atoms with E-state index in [-0.39, 0.29) is 19.1 Å². The van der Waals surface area contributed by atoms with Crippen LogP contribution in [-0.4, -0.2) is 42.8 Å². The standard InChI is InChI=1S/C12H12N6O2/c19-7-2-1-4-10-5-3-6-11(14-10)15-12(20)8-18-9-13-16-17-18/h3,5-6,9,19H,2,7-8H2,(H,14,15,20). The Hall–Kier alpha value is -2.79. The second kappa shape index (κ2) is 6.96. The molecule has 2 heterocycles. The molecule has 0 aliphatic rings. The van der Waals surface area contributed by atoms with E-state index in [1.807, 2.05) is 0 Å². The molecule has 0 fully saturated rings. The molecule has 1 amide bonds. The monoisotopic (exact) mass is 272 g/mol. The van der Waals surface area contributed by atoms with Crippen molar-refractivity contribution in [1.82, 2.24) is 25.2 Å². The van der Waals surface area contributed by atoms with E-state index in [4.69, 9.17) is 5.11 Å². The van der Waals surface area contributed by atoms with Gasteiger partial charge in [0.2, 0.25) is 5.91 Å². The Balaban J connectivity index is 1.97. The molecule has 0 atom stereocenters. The third-order valence-corrected chi connectivity index (χ3v) is 2.17. The fraction of sp³-hybridized carbons (Fsp3) is 0.250. The van der Waals surface area contributed by atoms with Crippen LogP contribution in [0.2, 0.25) is 0 Å². The maximum atomic E-state index is 11.7. The van der Waals surface area contributed by atoms with Gasteiger partial charge in [-0.15, -0.1) is 5.10 Å². The fourth-order valence-corrected chi connectivity index (χ4v) is 1.37. The molecule has 8 heteroatoms. The zero-order valence-electron chi connectivity index (χ0n) is 10.5. The van der Waals surface area contributed by atoms with E-state index in [1.54, 1.807) is 18.2 Å². The number of carbonyl (C=O) groups is 1. The van der Waals surface area contributed by atoms with Crippen LogP contribution in [0.25, 0.3) is 0 Å². The molecular formula is C12H12N6O2. The molecule has 2 rings (SSSR count). The average Bonchev–Trinajstić information content (AvgIpc) is 2.92. The van der Waals surface area contributed by atoms with Crippen molar-refractivity contribution in [1.29, 1.82) is 0 Å². The van der Waals surface area contributed by atoms with Crippen LogP contribution in [0.15, 0.2) is 24.5 Å². The summed E-state index contributed by atoms with van der Waals surface area (Å²) in [6.45, 7) is 0.0183. The van der Waals surface area contributed by atoms with Crippen molar-refractivity contribution < 1.29 is 9.90 Å². The minimum Gasteiger partial charge on any atom is -0.395 e. The normalized spacial score (nSPS) is 9.65. The Morgan fingerprint density at radius 2 is 2.35 bits per heavy atom. The largest absolute Gasteiger partial charge is 0.395 e. The Kier molecular flexibility index (Phi) is 4.75. The third-order valence-electron chi connectivity index (χ3n) is 2.17. The van der Waals surface area contributed by atoms with Crippen LogP contribution in [0.3, 0.4) is 0 Å². The highest BCUT2D eigenvalue weighted by molar-refractivity contribution is 5.89. The summed E-state index contributed by atoms with van der Waals surface area (Å²) in [5.41, 5.74) is 0.527. The van der Waals surface area contributed by atoms with Gasteiger partial charge in [-0.05, 0) is 28.5 Å². The number of tetrazole rings is 1. The van der Waals surface area contributed by atoms with E-state index in [0.717, 1.165) is 0 Å². The van der Waals surface area contributed by atoms with Gasteiger partial charge in [0.25, 0.3) is 0 Å². The number of hydrogen-bond donors (Lipinski definition) is 2. The molecule has 2 aromatic heterocycles. The van der Waals surface area contributed by atoms with Crippen molar-refractivity contribution in [2.45, 2.75) is 13.0 Å². The first-order valence-electron chi connectivity index (χ1n) is 5.85. The lowest BCUT2D eigenvalue weighted by Crippen LogP contribution is -2.19. The Morgan fingerprint density at radius 1 is 1.45 bits per heavy atom. The summed E-state index contributed by atoms with van der Waals surface area (Å²) in [4.78, 5) is 15.9. The smallest absolute Gasteiger partial charge is 0.247 e. The van der Waals surface area contributed by atoms with E-state index in [9.17, 15) is 4.79 Å². The van der Waals surface area contributed by atoms with Crippen molar-refractivity contribution in [3.8, 4) is 11.8 Å². The summed E-state index contributed by atoms with van der Waals surface area (Å²) in [6, 6.07) is 5.12. The van der Waals surface area contributed by atoms with Gasteiger partial charge in [0, 0.05) is 6.42 Å². The molecule has 0 aliphatic carbocycles. The van der Waals surface area contributed by atoms with Gasteiger partial charge in [0.05, 0.1) is 6.61 Å². The molecular weight excluding hydrogens is 260 g/mol. The lowest BCUT2D eigenvalue weighted by molar-refractivity contribution is -0.116. The van der Waals surface area contributed by atoms with Crippen LogP contribution < -0.4 is 5.32 Å². The molecule has 0 aromatic carbocycles. The summed E-state index contributed by atoms with van der Waals surface area (Å²) < 4.78 is 1.31. The van der Waals surface area contributed by atoms with Crippen molar-refractivity contribution >= 4 is 11.7 Å². The lowest BCUT2D eigenvalue weighted by atomic mass is 10.3. The Bertz CT molecular complexity index is 629. The quantitative estimate of drug-likeness (QED) is 0.723. The van der Waals surface area contributed by atoms with Crippen LogP contribution in [-0.2, 0) is 11.3 Å². The highest BCUT2D eigenvalue weighted by Crippen LogP contribution is 2.04. The van der Waals surface area contributed by atoms with E-state index < -0.39 is 0 Å².